The SMILES string of the molecule is CN1Cc2ccc(C3CNCCO3)cc2C1=O. The highest BCUT2D eigenvalue weighted by molar-refractivity contribution is 5.98. The molecular formula is C13H16N2O2. The number of benzene rings is 1. The molecule has 1 saturated heterocycles. The molecule has 90 valence electrons. The first kappa shape index (κ1) is 10.7. The second-order valence-corrected chi connectivity index (χ2v) is 4.64. The topological polar surface area (TPSA) is 41.6 Å². The summed E-state index contributed by atoms with van der Waals surface area (Å²) in [6.45, 7) is 3.18. The maximum atomic E-state index is 11.9. The van der Waals surface area contributed by atoms with Crippen LogP contribution in [-0.4, -0.2) is 37.6 Å². The van der Waals surface area contributed by atoms with Gasteiger partial charge < -0.3 is 15.0 Å². The zero-order chi connectivity index (χ0) is 11.8. The van der Waals surface area contributed by atoms with Gasteiger partial charge in [0.05, 0.1) is 12.7 Å². The molecule has 3 rings (SSSR count). The van der Waals surface area contributed by atoms with Crippen LogP contribution in [0.5, 0.6) is 0 Å². The first-order valence-electron chi connectivity index (χ1n) is 5.96. The minimum atomic E-state index is 0.0766. The maximum absolute atomic E-state index is 11.9. The molecule has 2 aliphatic heterocycles. The third kappa shape index (κ3) is 1.83. The van der Waals surface area contributed by atoms with Crippen LogP contribution in [0.3, 0.4) is 0 Å². The molecule has 17 heavy (non-hydrogen) atoms. The zero-order valence-corrected chi connectivity index (χ0v) is 9.90. The number of carbonyl (C=O) groups is 1. The lowest BCUT2D eigenvalue weighted by molar-refractivity contribution is 0.0276. The first-order chi connectivity index (χ1) is 8.25. The highest BCUT2D eigenvalue weighted by Crippen LogP contribution is 2.26. The molecule has 1 aromatic rings. The van der Waals surface area contributed by atoms with Crippen molar-refractivity contribution in [1.82, 2.24) is 10.2 Å². The van der Waals surface area contributed by atoms with Crippen LogP contribution < -0.4 is 5.32 Å². The summed E-state index contributed by atoms with van der Waals surface area (Å²) in [7, 11) is 1.83. The number of carbonyl (C=O) groups excluding carboxylic acids is 1. The number of nitrogens with zero attached hydrogens (tertiary/aromatic N) is 1. The van der Waals surface area contributed by atoms with E-state index in [1.54, 1.807) is 4.90 Å². The minimum absolute atomic E-state index is 0.0766. The van der Waals surface area contributed by atoms with Gasteiger partial charge in [-0.15, -0.1) is 0 Å². The van der Waals surface area contributed by atoms with Crippen LogP contribution >= 0.6 is 0 Å². The Morgan fingerprint density at radius 1 is 1.47 bits per heavy atom. The molecular weight excluding hydrogens is 216 g/mol. The molecule has 1 unspecified atom stereocenters. The van der Waals surface area contributed by atoms with Crippen LogP contribution in [0.2, 0.25) is 0 Å². The van der Waals surface area contributed by atoms with Crippen molar-refractivity contribution in [1.29, 1.82) is 0 Å². The van der Waals surface area contributed by atoms with Crippen molar-refractivity contribution in [3.63, 3.8) is 0 Å². The second-order valence-electron chi connectivity index (χ2n) is 4.64. The predicted octanol–water partition coefficient (Wildman–Crippen LogP) is 0.933. The fraction of sp³-hybridized carbons (Fsp3) is 0.462. The smallest absolute Gasteiger partial charge is 0.254 e. The lowest BCUT2D eigenvalue weighted by Gasteiger charge is -2.24. The van der Waals surface area contributed by atoms with Gasteiger partial charge in [-0.2, -0.15) is 0 Å². The van der Waals surface area contributed by atoms with E-state index in [1.807, 2.05) is 19.2 Å². The standard InChI is InChI=1S/C13H16N2O2/c1-15-8-10-3-2-9(6-11(10)13(15)16)12-7-14-4-5-17-12/h2-3,6,12,14H,4-5,7-8H2,1H3. The van der Waals surface area contributed by atoms with Crippen LogP contribution in [0.25, 0.3) is 0 Å². The largest absolute Gasteiger partial charge is 0.371 e. The van der Waals surface area contributed by atoms with Gasteiger partial charge in [0, 0.05) is 32.2 Å². The second kappa shape index (κ2) is 4.13. The molecule has 0 aliphatic carbocycles. The highest BCUT2D eigenvalue weighted by Gasteiger charge is 2.26. The van der Waals surface area contributed by atoms with Crippen LogP contribution in [0, 0.1) is 0 Å². The summed E-state index contributed by atoms with van der Waals surface area (Å²) in [6.07, 6.45) is 0.0766. The first-order valence-corrected chi connectivity index (χ1v) is 5.96. The van der Waals surface area contributed by atoms with E-state index in [-0.39, 0.29) is 12.0 Å². The van der Waals surface area contributed by atoms with Gasteiger partial charge in [0.25, 0.3) is 5.91 Å². The zero-order valence-electron chi connectivity index (χ0n) is 9.90. The summed E-state index contributed by atoms with van der Waals surface area (Å²) in [5, 5.41) is 3.30. The van der Waals surface area contributed by atoms with Crippen molar-refractivity contribution in [2.24, 2.45) is 0 Å². The number of rotatable bonds is 1. The molecule has 1 N–H and O–H groups in total. The predicted molar refractivity (Wildman–Crippen MR) is 63.8 cm³/mol. The van der Waals surface area contributed by atoms with Gasteiger partial charge in [-0.1, -0.05) is 12.1 Å². The molecule has 0 bridgehead atoms. The van der Waals surface area contributed by atoms with Crippen molar-refractivity contribution in [2.45, 2.75) is 12.6 Å². The molecule has 1 aromatic carbocycles. The number of hydrogen-bond acceptors (Lipinski definition) is 3. The number of ether oxygens (including phenoxy) is 1. The molecule has 4 heteroatoms. The third-order valence-electron chi connectivity index (χ3n) is 3.42. The summed E-state index contributed by atoms with van der Waals surface area (Å²) < 4.78 is 5.70. The fourth-order valence-electron chi connectivity index (χ4n) is 2.44. The molecule has 4 nitrogen and oxygen atoms in total. The highest BCUT2D eigenvalue weighted by atomic mass is 16.5. The Morgan fingerprint density at radius 2 is 2.35 bits per heavy atom. The van der Waals surface area contributed by atoms with Crippen molar-refractivity contribution in [2.75, 3.05) is 26.7 Å². The molecule has 1 atom stereocenters. The lowest BCUT2D eigenvalue weighted by atomic mass is 10.0. The number of hydrogen-bond donors (Lipinski definition) is 1. The summed E-state index contributed by atoms with van der Waals surface area (Å²) in [6, 6.07) is 6.10. The fourth-order valence-corrected chi connectivity index (χ4v) is 2.44. The van der Waals surface area contributed by atoms with E-state index >= 15 is 0 Å². The van der Waals surface area contributed by atoms with Crippen LogP contribution in [0.4, 0.5) is 0 Å². The van der Waals surface area contributed by atoms with E-state index in [9.17, 15) is 4.79 Å². The minimum Gasteiger partial charge on any atom is -0.371 e. The summed E-state index contributed by atoms with van der Waals surface area (Å²) in [5.41, 5.74) is 3.05. The van der Waals surface area contributed by atoms with Crippen molar-refractivity contribution >= 4 is 5.91 Å². The Bertz CT molecular complexity index is 453. The van der Waals surface area contributed by atoms with Crippen LogP contribution in [0.1, 0.15) is 27.6 Å². The molecule has 1 amide bonds. The summed E-state index contributed by atoms with van der Waals surface area (Å²) in [5.74, 6) is 0.116. The van der Waals surface area contributed by atoms with E-state index in [1.165, 1.54) is 0 Å². The molecule has 0 aromatic heterocycles. The van der Waals surface area contributed by atoms with E-state index in [0.717, 1.165) is 42.9 Å². The van der Waals surface area contributed by atoms with Gasteiger partial charge in [-0.05, 0) is 17.2 Å². The number of morpholine rings is 1. The van der Waals surface area contributed by atoms with Gasteiger partial charge in [0.15, 0.2) is 0 Å². The monoisotopic (exact) mass is 232 g/mol. The van der Waals surface area contributed by atoms with E-state index < -0.39 is 0 Å². The Labute approximate surface area is 101 Å². The van der Waals surface area contributed by atoms with Crippen LogP contribution in [-0.2, 0) is 11.3 Å². The summed E-state index contributed by atoms with van der Waals surface area (Å²) in [4.78, 5) is 13.6. The number of nitrogens with one attached hydrogen (secondary N) is 1. The van der Waals surface area contributed by atoms with Gasteiger partial charge in [0.1, 0.15) is 0 Å². The molecule has 0 saturated carbocycles. The van der Waals surface area contributed by atoms with Gasteiger partial charge in [-0.25, -0.2) is 0 Å². The molecule has 2 heterocycles. The molecule has 0 spiro atoms. The van der Waals surface area contributed by atoms with Gasteiger partial charge in [0.2, 0.25) is 0 Å². The average Bonchev–Trinajstić information content (AvgIpc) is 2.66. The molecule has 2 aliphatic rings. The van der Waals surface area contributed by atoms with Crippen LogP contribution in [0.15, 0.2) is 18.2 Å². The average molecular weight is 232 g/mol. The maximum Gasteiger partial charge on any atom is 0.254 e. The van der Waals surface area contributed by atoms with Crippen molar-refractivity contribution in [3.8, 4) is 0 Å². The quantitative estimate of drug-likeness (QED) is 0.783. The van der Waals surface area contributed by atoms with E-state index in [2.05, 4.69) is 11.4 Å². The van der Waals surface area contributed by atoms with Gasteiger partial charge in [-0.3, -0.25) is 4.79 Å². The Hall–Kier alpha value is -1.39. The number of amides is 1. The Kier molecular flexibility index (Phi) is 2.61. The van der Waals surface area contributed by atoms with E-state index in [4.69, 9.17) is 4.74 Å². The van der Waals surface area contributed by atoms with Crippen molar-refractivity contribution < 1.29 is 9.53 Å². The lowest BCUT2D eigenvalue weighted by Crippen LogP contribution is -2.33. The third-order valence-corrected chi connectivity index (χ3v) is 3.42. The Balaban J connectivity index is 1.91. The molecule has 0 radical (unpaired) electrons. The van der Waals surface area contributed by atoms with Gasteiger partial charge >= 0.3 is 0 Å². The van der Waals surface area contributed by atoms with Crippen molar-refractivity contribution in [3.05, 3.63) is 34.9 Å². The summed E-state index contributed by atoms with van der Waals surface area (Å²) >= 11 is 0. The Morgan fingerprint density at radius 3 is 3.12 bits per heavy atom. The van der Waals surface area contributed by atoms with E-state index in [0.29, 0.717) is 0 Å². The molecule has 1 fully saturated rings. The number of fused-ring (bicyclic) bond motifs is 1. The normalized spacial score (nSPS) is 23.9.